The van der Waals surface area contributed by atoms with Gasteiger partial charge in [-0.2, -0.15) is 13.2 Å². The normalized spacial score (nSPS) is 26.6. The van der Waals surface area contributed by atoms with Gasteiger partial charge in [-0.1, -0.05) is 0 Å². The van der Waals surface area contributed by atoms with Gasteiger partial charge in [0.1, 0.15) is 6.04 Å². The van der Waals surface area contributed by atoms with E-state index in [1.165, 1.54) is 0 Å². The molecule has 0 aromatic carbocycles. The predicted octanol–water partition coefficient (Wildman–Crippen LogP) is 1.62. The zero-order valence-corrected chi connectivity index (χ0v) is 8.78. The second-order valence-corrected chi connectivity index (χ2v) is 4.67. The Balaban J connectivity index is 2.61. The molecule has 1 rings (SSSR count). The lowest BCUT2D eigenvalue weighted by atomic mass is 10.0. The van der Waals surface area contributed by atoms with Crippen LogP contribution in [0.1, 0.15) is 20.8 Å². The van der Waals surface area contributed by atoms with Crippen LogP contribution >= 0.6 is 0 Å². The highest BCUT2D eigenvalue weighted by atomic mass is 19.4. The molecular formula is C9H17F3N2. The molecule has 5 heteroatoms. The maximum Gasteiger partial charge on any atom is 0.405 e. The molecule has 0 aliphatic carbocycles. The Hall–Kier alpha value is -0.290. The maximum absolute atomic E-state index is 12.4. The highest BCUT2D eigenvalue weighted by Crippen LogP contribution is 2.25. The van der Waals surface area contributed by atoms with Gasteiger partial charge < -0.3 is 5.32 Å². The van der Waals surface area contributed by atoms with E-state index < -0.39 is 12.2 Å². The molecule has 84 valence electrons. The van der Waals surface area contributed by atoms with Crippen LogP contribution in [0.5, 0.6) is 0 Å². The fourth-order valence-electron chi connectivity index (χ4n) is 1.58. The van der Waals surface area contributed by atoms with Crippen LogP contribution in [0.15, 0.2) is 0 Å². The second-order valence-electron chi connectivity index (χ2n) is 4.67. The highest BCUT2D eigenvalue weighted by molar-refractivity contribution is 4.89. The summed E-state index contributed by atoms with van der Waals surface area (Å²) in [5, 5.41) is 2.49. The van der Waals surface area contributed by atoms with Crippen molar-refractivity contribution in [2.45, 2.75) is 38.5 Å². The van der Waals surface area contributed by atoms with Crippen molar-refractivity contribution in [3.8, 4) is 0 Å². The first kappa shape index (κ1) is 11.8. The Kier molecular flexibility index (Phi) is 3.11. The minimum absolute atomic E-state index is 0.0486. The van der Waals surface area contributed by atoms with Crippen molar-refractivity contribution in [1.82, 2.24) is 10.2 Å². The summed E-state index contributed by atoms with van der Waals surface area (Å²) in [7, 11) is 0. The molecule has 1 aliphatic rings. The molecule has 0 amide bonds. The molecule has 2 nitrogen and oxygen atoms in total. The second kappa shape index (κ2) is 3.70. The fraction of sp³-hybridized carbons (Fsp3) is 1.00. The van der Waals surface area contributed by atoms with Gasteiger partial charge in [0, 0.05) is 25.2 Å². The van der Waals surface area contributed by atoms with Gasteiger partial charge in [0.05, 0.1) is 0 Å². The molecule has 1 N–H and O–H groups in total. The van der Waals surface area contributed by atoms with Gasteiger partial charge in [0.2, 0.25) is 0 Å². The van der Waals surface area contributed by atoms with Crippen molar-refractivity contribution in [2.75, 3.05) is 19.6 Å². The molecule has 14 heavy (non-hydrogen) atoms. The predicted molar refractivity (Wildman–Crippen MR) is 49.2 cm³/mol. The van der Waals surface area contributed by atoms with Crippen LogP contribution in [0.2, 0.25) is 0 Å². The summed E-state index contributed by atoms with van der Waals surface area (Å²) in [5.74, 6) is 0. The number of nitrogens with zero attached hydrogens (tertiary/aromatic N) is 1. The van der Waals surface area contributed by atoms with Gasteiger partial charge in [-0.15, -0.1) is 0 Å². The Morgan fingerprint density at radius 1 is 1.21 bits per heavy atom. The first-order valence-corrected chi connectivity index (χ1v) is 4.76. The minimum Gasteiger partial charge on any atom is -0.304 e. The summed E-state index contributed by atoms with van der Waals surface area (Å²) in [6.45, 7) is 6.94. The van der Waals surface area contributed by atoms with Gasteiger partial charge in [0.15, 0.2) is 0 Å². The van der Waals surface area contributed by atoms with Crippen LogP contribution in [-0.4, -0.2) is 42.3 Å². The molecule has 1 saturated heterocycles. The van der Waals surface area contributed by atoms with E-state index >= 15 is 0 Å². The summed E-state index contributed by atoms with van der Waals surface area (Å²) in [6, 6.07) is -1.38. The topological polar surface area (TPSA) is 15.3 Å². The van der Waals surface area contributed by atoms with E-state index in [1.54, 1.807) is 0 Å². The Morgan fingerprint density at radius 3 is 2.21 bits per heavy atom. The van der Waals surface area contributed by atoms with E-state index in [4.69, 9.17) is 0 Å². The third kappa shape index (κ3) is 2.85. The number of halogens is 3. The quantitative estimate of drug-likeness (QED) is 0.653. The average Bonchev–Trinajstić information content (AvgIpc) is 2.01. The van der Waals surface area contributed by atoms with Crippen LogP contribution in [0.25, 0.3) is 0 Å². The number of hydrogen-bond donors (Lipinski definition) is 1. The summed E-state index contributed by atoms with van der Waals surface area (Å²) in [5.41, 5.74) is -0.189. The zero-order valence-electron chi connectivity index (χ0n) is 8.78. The summed E-state index contributed by atoms with van der Waals surface area (Å²) < 4.78 is 37.2. The summed E-state index contributed by atoms with van der Waals surface area (Å²) >= 11 is 0. The molecule has 0 saturated carbocycles. The number of hydrogen-bond acceptors (Lipinski definition) is 2. The number of alkyl halides is 3. The number of rotatable bonds is 0. The Labute approximate surface area is 82.5 Å². The lowest BCUT2D eigenvalue weighted by Crippen LogP contribution is -2.61. The van der Waals surface area contributed by atoms with Gasteiger partial charge in [-0.05, 0) is 20.8 Å². The van der Waals surface area contributed by atoms with Crippen LogP contribution in [0, 0.1) is 0 Å². The van der Waals surface area contributed by atoms with Crippen molar-refractivity contribution in [3.05, 3.63) is 0 Å². The van der Waals surface area contributed by atoms with Crippen molar-refractivity contribution in [2.24, 2.45) is 0 Å². The van der Waals surface area contributed by atoms with E-state index in [1.807, 2.05) is 25.7 Å². The van der Waals surface area contributed by atoms with Crippen molar-refractivity contribution < 1.29 is 13.2 Å². The Bertz CT molecular complexity index is 175. The van der Waals surface area contributed by atoms with E-state index in [0.29, 0.717) is 13.1 Å². The fourth-order valence-corrected chi connectivity index (χ4v) is 1.58. The lowest BCUT2D eigenvalue weighted by Gasteiger charge is -2.42. The Morgan fingerprint density at radius 2 is 1.79 bits per heavy atom. The van der Waals surface area contributed by atoms with Crippen LogP contribution in [0.3, 0.4) is 0 Å². The molecule has 0 aromatic heterocycles. The van der Waals surface area contributed by atoms with E-state index in [2.05, 4.69) is 5.32 Å². The summed E-state index contributed by atoms with van der Waals surface area (Å²) in [6.07, 6.45) is -4.14. The summed E-state index contributed by atoms with van der Waals surface area (Å²) in [4.78, 5) is 1.86. The molecule has 1 heterocycles. The molecule has 0 radical (unpaired) electrons. The molecular weight excluding hydrogens is 193 g/mol. The first-order chi connectivity index (χ1) is 6.21. The average molecular weight is 210 g/mol. The SMILES string of the molecule is CC(C)(C)N1CCN[C@@H](C(F)(F)F)C1. The highest BCUT2D eigenvalue weighted by Gasteiger charge is 2.43. The molecule has 0 bridgehead atoms. The van der Waals surface area contributed by atoms with Crippen LogP contribution < -0.4 is 5.32 Å². The van der Waals surface area contributed by atoms with Gasteiger partial charge in [-0.25, -0.2) is 0 Å². The smallest absolute Gasteiger partial charge is 0.304 e. The largest absolute Gasteiger partial charge is 0.405 e. The van der Waals surface area contributed by atoms with E-state index in [-0.39, 0.29) is 12.1 Å². The van der Waals surface area contributed by atoms with Gasteiger partial charge in [0.25, 0.3) is 0 Å². The zero-order chi connectivity index (χ0) is 11.0. The van der Waals surface area contributed by atoms with Gasteiger partial charge in [-0.3, -0.25) is 4.90 Å². The standard InChI is InChI=1S/C9H17F3N2/c1-8(2,3)14-5-4-13-7(6-14)9(10,11)12/h7,13H,4-6H2,1-3H3/t7-/m1/s1. The van der Waals surface area contributed by atoms with Crippen molar-refractivity contribution >= 4 is 0 Å². The minimum atomic E-state index is -4.14. The first-order valence-electron chi connectivity index (χ1n) is 4.76. The van der Waals surface area contributed by atoms with Crippen molar-refractivity contribution in [1.29, 1.82) is 0 Å². The van der Waals surface area contributed by atoms with E-state index in [0.717, 1.165) is 0 Å². The molecule has 0 unspecified atom stereocenters. The van der Waals surface area contributed by atoms with Gasteiger partial charge >= 0.3 is 6.18 Å². The van der Waals surface area contributed by atoms with Crippen molar-refractivity contribution in [3.63, 3.8) is 0 Å². The molecule has 0 aromatic rings. The molecule has 1 atom stereocenters. The maximum atomic E-state index is 12.4. The van der Waals surface area contributed by atoms with E-state index in [9.17, 15) is 13.2 Å². The molecule has 0 spiro atoms. The van der Waals surface area contributed by atoms with Crippen LogP contribution in [-0.2, 0) is 0 Å². The third-order valence-electron chi connectivity index (χ3n) is 2.52. The number of nitrogens with one attached hydrogen (secondary N) is 1. The van der Waals surface area contributed by atoms with Crippen LogP contribution in [0.4, 0.5) is 13.2 Å². The number of piperazine rings is 1. The third-order valence-corrected chi connectivity index (χ3v) is 2.52. The molecule has 1 aliphatic heterocycles. The molecule has 1 fully saturated rings. The monoisotopic (exact) mass is 210 g/mol. The lowest BCUT2D eigenvalue weighted by molar-refractivity contribution is -0.168.